The molecule has 0 N–H and O–H groups in total. The predicted octanol–water partition coefficient (Wildman–Crippen LogP) is 3.86. The Hall–Kier alpha value is -1.72. The normalized spacial score (nSPS) is 11.1. The summed E-state index contributed by atoms with van der Waals surface area (Å²) >= 11 is 0. The lowest BCUT2D eigenvalue weighted by Gasteiger charge is -2.29. The van der Waals surface area contributed by atoms with Crippen LogP contribution in [0.3, 0.4) is 0 Å². The molecule has 112 valence electrons. The average Bonchev–Trinajstić information content (AvgIpc) is 2.25. The van der Waals surface area contributed by atoms with Gasteiger partial charge < -0.3 is 9.64 Å². The summed E-state index contributed by atoms with van der Waals surface area (Å²) in [5.41, 5.74) is -0.466. The second-order valence-corrected chi connectivity index (χ2v) is 5.00. The van der Waals surface area contributed by atoms with Crippen LogP contribution in [0.25, 0.3) is 0 Å². The van der Waals surface area contributed by atoms with Gasteiger partial charge in [0.15, 0.2) is 0 Å². The molecule has 0 fully saturated rings. The first-order chi connectivity index (χ1) is 9.23. The summed E-state index contributed by atoms with van der Waals surface area (Å²) in [4.78, 5) is 13.3. The van der Waals surface area contributed by atoms with E-state index >= 15 is 0 Å². The van der Waals surface area contributed by atoms with E-state index in [4.69, 9.17) is 4.74 Å². The van der Waals surface area contributed by atoms with Crippen LogP contribution in [0.1, 0.15) is 33.3 Å². The van der Waals surface area contributed by atoms with Crippen molar-refractivity contribution in [2.45, 2.75) is 46.4 Å². The van der Waals surface area contributed by atoms with Gasteiger partial charge in [-0.1, -0.05) is 0 Å². The molecule has 0 heterocycles. The van der Waals surface area contributed by atoms with Gasteiger partial charge in [-0.25, -0.2) is 18.0 Å². The fourth-order valence-corrected chi connectivity index (χ4v) is 1.94. The average molecular weight is 289 g/mol. The highest BCUT2D eigenvalue weighted by Gasteiger charge is 2.22. The van der Waals surface area contributed by atoms with Gasteiger partial charge in [0.1, 0.15) is 24.1 Å². The molecule has 3 nitrogen and oxygen atoms in total. The first kappa shape index (κ1) is 16.3. The largest absolute Gasteiger partial charge is 0.444 e. The summed E-state index contributed by atoms with van der Waals surface area (Å²) < 4.78 is 44.4. The third-order valence-electron chi connectivity index (χ3n) is 2.77. The van der Waals surface area contributed by atoms with Crippen molar-refractivity contribution in [1.29, 1.82) is 0 Å². The monoisotopic (exact) mass is 289 g/mol. The van der Waals surface area contributed by atoms with Crippen molar-refractivity contribution in [1.82, 2.24) is 4.90 Å². The maximum absolute atomic E-state index is 13.4. The SMILES string of the molecule is CC(C)N(C(=O)OCc1c(F)cc(F)cc1F)C(C)C. The lowest BCUT2D eigenvalue weighted by molar-refractivity contribution is 0.0723. The minimum Gasteiger partial charge on any atom is -0.444 e. The predicted molar refractivity (Wildman–Crippen MR) is 68.6 cm³/mol. The lowest BCUT2D eigenvalue weighted by Crippen LogP contribution is -2.42. The van der Waals surface area contributed by atoms with Crippen LogP contribution < -0.4 is 0 Å². The molecule has 0 spiro atoms. The molecule has 0 unspecified atom stereocenters. The van der Waals surface area contributed by atoms with Gasteiger partial charge in [0.25, 0.3) is 0 Å². The molecule has 1 amide bonds. The topological polar surface area (TPSA) is 29.5 Å². The molecular formula is C14H18F3NO2. The van der Waals surface area contributed by atoms with Crippen LogP contribution >= 0.6 is 0 Å². The van der Waals surface area contributed by atoms with Gasteiger partial charge in [-0.15, -0.1) is 0 Å². The summed E-state index contributed by atoms with van der Waals surface area (Å²) in [5, 5.41) is 0. The zero-order valence-electron chi connectivity index (χ0n) is 11.9. The zero-order chi connectivity index (χ0) is 15.4. The van der Waals surface area contributed by atoms with Crippen LogP contribution in [0.4, 0.5) is 18.0 Å². The van der Waals surface area contributed by atoms with Gasteiger partial charge in [0.2, 0.25) is 0 Å². The van der Waals surface area contributed by atoms with Gasteiger partial charge in [-0.2, -0.15) is 0 Å². The number of halogens is 3. The smallest absolute Gasteiger partial charge is 0.410 e. The van der Waals surface area contributed by atoms with Crippen LogP contribution in [0.15, 0.2) is 12.1 Å². The van der Waals surface area contributed by atoms with Crippen molar-refractivity contribution in [3.8, 4) is 0 Å². The Morgan fingerprint density at radius 3 is 1.95 bits per heavy atom. The maximum atomic E-state index is 13.4. The van der Waals surface area contributed by atoms with E-state index < -0.39 is 35.7 Å². The highest BCUT2D eigenvalue weighted by atomic mass is 19.1. The van der Waals surface area contributed by atoms with Crippen LogP contribution in [0.5, 0.6) is 0 Å². The molecule has 0 saturated heterocycles. The van der Waals surface area contributed by atoms with Crippen molar-refractivity contribution >= 4 is 6.09 Å². The maximum Gasteiger partial charge on any atom is 0.410 e. The first-order valence-electron chi connectivity index (χ1n) is 6.32. The van der Waals surface area contributed by atoms with E-state index in [1.807, 2.05) is 0 Å². The highest BCUT2D eigenvalue weighted by molar-refractivity contribution is 5.68. The van der Waals surface area contributed by atoms with Crippen LogP contribution in [0, 0.1) is 17.5 Å². The van der Waals surface area contributed by atoms with Gasteiger partial charge in [0, 0.05) is 24.2 Å². The Kier molecular flexibility index (Phi) is 5.42. The van der Waals surface area contributed by atoms with Crippen LogP contribution in [-0.2, 0) is 11.3 Å². The number of amides is 1. The van der Waals surface area contributed by atoms with Crippen LogP contribution in [0.2, 0.25) is 0 Å². The number of benzene rings is 1. The Bertz CT molecular complexity index is 458. The molecule has 0 saturated carbocycles. The Morgan fingerprint density at radius 1 is 1.10 bits per heavy atom. The summed E-state index contributed by atoms with van der Waals surface area (Å²) in [6.07, 6.45) is -0.668. The second-order valence-electron chi connectivity index (χ2n) is 5.00. The quantitative estimate of drug-likeness (QED) is 0.842. The van der Waals surface area contributed by atoms with Crippen molar-refractivity contribution in [3.05, 3.63) is 35.1 Å². The number of hydrogen-bond acceptors (Lipinski definition) is 2. The standard InChI is InChI=1S/C14H18F3NO2/c1-8(2)18(9(3)4)14(19)20-7-11-12(16)5-10(15)6-13(11)17/h5-6,8-9H,7H2,1-4H3. The summed E-state index contributed by atoms with van der Waals surface area (Å²) in [7, 11) is 0. The fourth-order valence-electron chi connectivity index (χ4n) is 1.94. The van der Waals surface area contributed by atoms with Crippen LogP contribution in [-0.4, -0.2) is 23.1 Å². The minimum absolute atomic E-state index is 0.106. The molecule has 0 aromatic heterocycles. The number of carbonyl (C=O) groups excluding carboxylic acids is 1. The van der Waals surface area contributed by atoms with Gasteiger partial charge in [-0.05, 0) is 27.7 Å². The molecule has 1 aromatic rings. The third-order valence-corrected chi connectivity index (χ3v) is 2.77. The van der Waals surface area contributed by atoms with E-state index in [0.717, 1.165) is 0 Å². The summed E-state index contributed by atoms with van der Waals surface area (Å²) in [6.45, 7) is 6.65. The molecule has 20 heavy (non-hydrogen) atoms. The number of ether oxygens (including phenoxy) is 1. The third kappa shape index (κ3) is 3.88. The summed E-state index contributed by atoms with van der Waals surface area (Å²) in [5.74, 6) is -3.16. The lowest BCUT2D eigenvalue weighted by atomic mass is 10.2. The zero-order valence-corrected chi connectivity index (χ0v) is 11.9. The first-order valence-corrected chi connectivity index (χ1v) is 6.32. The number of rotatable bonds is 4. The fraction of sp³-hybridized carbons (Fsp3) is 0.500. The van der Waals surface area contributed by atoms with Gasteiger partial charge in [0.05, 0.1) is 5.56 Å². The van der Waals surface area contributed by atoms with E-state index in [1.54, 1.807) is 27.7 Å². The minimum atomic E-state index is -1.07. The van der Waals surface area contributed by atoms with E-state index in [9.17, 15) is 18.0 Å². The highest BCUT2D eigenvalue weighted by Crippen LogP contribution is 2.17. The van der Waals surface area contributed by atoms with Gasteiger partial charge >= 0.3 is 6.09 Å². The molecule has 0 bridgehead atoms. The summed E-state index contributed by atoms with van der Waals surface area (Å²) in [6, 6.07) is 0.889. The Morgan fingerprint density at radius 2 is 1.55 bits per heavy atom. The van der Waals surface area contributed by atoms with Gasteiger partial charge in [-0.3, -0.25) is 0 Å². The Balaban J connectivity index is 2.79. The molecular weight excluding hydrogens is 271 g/mol. The number of hydrogen-bond donors (Lipinski definition) is 0. The Labute approximate surface area is 116 Å². The molecule has 0 aliphatic rings. The van der Waals surface area contributed by atoms with E-state index in [1.165, 1.54) is 4.90 Å². The molecule has 0 radical (unpaired) electrons. The van der Waals surface area contributed by atoms with E-state index in [-0.39, 0.29) is 12.1 Å². The van der Waals surface area contributed by atoms with Crippen molar-refractivity contribution in [2.75, 3.05) is 0 Å². The van der Waals surface area contributed by atoms with Crippen molar-refractivity contribution in [3.63, 3.8) is 0 Å². The van der Waals surface area contributed by atoms with E-state index in [0.29, 0.717) is 12.1 Å². The second kappa shape index (κ2) is 6.63. The molecule has 6 heteroatoms. The number of nitrogens with zero attached hydrogens (tertiary/aromatic N) is 1. The molecule has 0 aliphatic carbocycles. The number of carbonyl (C=O) groups is 1. The molecule has 1 rings (SSSR count). The van der Waals surface area contributed by atoms with Crippen molar-refractivity contribution < 1.29 is 22.7 Å². The molecule has 1 aromatic carbocycles. The van der Waals surface area contributed by atoms with E-state index in [2.05, 4.69) is 0 Å². The molecule has 0 aliphatic heterocycles. The van der Waals surface area contributed by atoms with Crippen molar-refractivity contribution in [2.24, 2.45) is 0 Å². The molecule has 0 atom stereocenters.